The van der Waals surface area contributed by atoms with Gasteiger partial charge in [0.15, 0.2) is 0 Å². The first-order valence-corrected chi connectivity index (χ1v) is 6.77. The number of methoxy groups -OCH3 is 1. The molecule has 16 heavy (non-hydrogen) atoms. The monoisotopic (exact) mass is 230 g/mol. The van der Waals surface area contributed by atoms with E-state index in [1.807, 2.05) is 13.8 Å². The maximum atomic E-state index is 9.53. The van der Waals surface area contributed by atoms with Crippen molar-refractivity contribution in [1.29, 1.82) is 0 Å². The largest absolute Gasteiger partial charge is 0.390 e. The molecule has 0 aromatic carbocycles. The van der Waals surface area contributed by atoms with Gasteiger partial charge < -0.3 is 9.84 Å². The number of rotatable bonds is 11. The highest BCUT2D eigenvalue weighted by molar-refractivity contribution is 4.64. The molecule has 0 aliphatic carbocycles. The van der Waals surface area contributed by atoms with E-state index >= 15 is 0 Å². The third-order valence-corrected chi connectivity index (χ3v) is 2.89. The molecule has 0 radical (unpaired) electrons. The van der Waals surface area contributed by atoms with Gasteiger partial charge in [-0.15, -0.1) is 0 Å². The van der Waals surface area contributed by atoms with E-state index in [1.165, 1.54) is 44.9 Å². The van der Waals surface area contributed by atoms with Gasteiger partial charge in [-0.25, -0.2) is 0 Å². The first-order valence-electron chi connectivity index (χ1n) is 6.77. The fourth-order valence-electron chi connectivity index (χ4n) is 1.86. The van der Waals surface area contributed by atoms with Crippen LogP contribution in [0.3, 0.4) is 0 Å². The maximum absolute atomic E-state index is 9.53. The van der Waals surface area contributed by atoms with Crippen LogP contribution in [0.1, 0.15) is 71.6 Å². The lowest BCUT2D eigenvalue weighted by atomic mass is 9.99. The molecule has 0 fully saturated rings. The van der Waals surface area contributed by atoms with Gasteiger partial charge in [0.25, 0.3) is 0 Å². The topological polar surface area (TPSA) is 29.5 Å². The minimum atomic E-state index is -0.472. The second-order valence-electron chi connectivity index (χ2n) is 5.38. The van der Waals surface area contributed by atoms with Gasteiger partial charge in [0.1, 0.15) is 0 Å². The number of ether oxygens (including phenoxy) is 1. The highest BCUT2D eigenvalue weighted by Crippen LogP contribution is 2.15. The van der Waals surface area contributed by atoms with E-state index in [4.69, 9.17) is 4.74 Å². The highest BCUT2D eigenvalue weighted by atomic mass is 16.5. The Balaban J connectivity index is 2.99. The molecule has 2 nitrogen and oxygen atoms in total. The summed E-state index contributed by atoms with van der Waals surface area (Å²) >= 11 is 0. The molecule has 0 heterocycles. The Morgan fingerprint density at radius 2 is 1.25 bits per heavy atom. The predicted molar refractivity (Wildman–Crippen MR) is 69.7 cm³/mol. The second-order valence-corrected chi connectivity index (χ2v) is 5.38. The maximum Gasteiger partial charge on any atom is 0.0591 e. The second kappa shape index (κ2) is 10.1. The summed E-state index contributed by atoms with van der Waals surface area (Å²) in [6.07, 6.45) is 11.2. The lowest BCUT2D eigenvalue weighted by Crippen LogP contribution is -2.17. The zero-order chi connectivity index (χ0) is 12.3. The van der Waals surface area contributed by atoms with Gasteiger partial charge >= 0.3 is 0 Å². The van der Waals surface area contributed by atoms with E-state index in [-0.39, 0.29) is 0 Å². The van der Waals surface area contributed by atoms with Gasteiger partial charge in [-0.05, 0) is 26.7 Å². The van der Waals surface area contributed by atoms with Crippen LogP contribution in [0.5, 0.6) is 0 Å². The van der Waals surface area contributed by atoms with E-state index < -0.39 is 5.60 Å². The van der Waals surface area contributed by atoms with E-state index in [0.717, 1.165) is 19.4 Å². The summed E-state index contributed by atoms with van der Waals surface area (Å²) < 4.78 is 5.01. The molecule has 0 saturated carbocycles. The van der Waals surface area contributed by atoms with Crippen molar-refractivity contribution in [1.82, 2.24) is 0 Å². The first kappa shape index (κ1) is 15.9. The summed E-state index contributed by atoms with van der Waals surface area (Å²) in [5.74, 6) is 0. The Labute approximate surface area is 101 Å². The van der Waals surface area contributed by atoms with Crippen LogP contribution in [0.25, 0.3) is 0 Å². The fraction of sp³-hybridized carbons (Fsp3) is 1.00. The number of aliphatic hydroxyl groups is 1. The normalized spacial score (nSPS) is 12.0. The van der Waals surface area contributed by atoms with Gasteiger partial charge in [-0.3, -0.25) is 0 Å². The molecule has 1 N–H and O–H groups in total. The van der Waals surface area contributed by atoms with Crippen LogP contribution in [0, 0.1) is 0 Å². The van der Waals surface area contributed by atoms with Crippen LogP contribution < -0.4 is 0 Å². The fourth-order valence-corrected chi connectivity index (χ4v) is 1.86. The molecule has 0 spiro atoms. The number of unbranched alkanes of at least 4 members (excludes halogenated alkanes) is 7. The van der Waals surface area contributed by atoms with E-state index in [1.54, 1.807) is 7.11 Å². The van der Waals surface area contributed by atoms with Crippen molar-refractivity contribution in [3.8, 4) is 0 Å². The van der Waals surface area contributed by atoms with Gasteiger partial charge in [0, 0.05) is 13.7 Å². The van der Waals surface area contributed by atoms with E-state index in [9.17, 15) is 5.11 Å². The van der Waals surface area contributed by atoms with Gasteiger partial charge in [0.05, 0.1) is 5.60 Å². The summed E-state index contributed by atoms with van der Waals surface area (Å²) in [6, 6.07) is 0. The van der Waals surface area contributed by atoms with Crippen molar-refractivity contribution < 1.29 is 9.84 Å². The number of hydrogen-bond donors (Lipinski definition) is 1. The molecule has 2 heteroatoms. The van der Waals surface area contributed by atoms with Crippen molar-refractivity contribution in [2.24, 2.45) is 0 Å². The van der Waals surface area contributed by atoms with Crippen molar-refractivity contribution in [2.75, 3.05) is 13.7 Å². The molecule has 0 aliphatic heterocycles. The summed E-state index contributed by atoms with van der Waals surface area (Å²) in [6.45, 7) is 4.69. The molecule has 98 valence electrons. The Morgan fingerprint density at radius 3 is 1.69 bits per heavy atom. The summed E-state index contributed by atoms with van der Waals surface area (Å²) in [4.78, 5) is 0. The Hall–Kier alpha value is -0.0800. The molecule has 0 rings (SSSR count). The molecular weight excluding hydrogens is 200 g/mol. The van der Waals surface area contributed by atoms with Crippen LogP contribution in [-0.4, -0.2) is 24.4 Å². The summed E-state index contributed by atoms with van der Waals surface area (Å²) in [5, 5.41) is 9.53. The van der Waals surface area contributed by atoms with Gasteiger partial charge in [-0.2, -0.15) is 0 Å². The Morgan fingerprint density at radius 1 is 0.812 bits per heavy atom. The van der Waals surface area contributed by atoms with Gasteiger partial charge in [-0.1, -0.05) is 44.9 Å². The average molecular weight is 230 g/mol. The molecule has 0 amide bonds. The molecule has 0 aliphatic rings. The predicted octanol–water partition coefficient (Wildman–Crippen LogP) is 3.91. The number of hydrogen-bond acceptors (Lipinski definition) is 2. The van der Waals surface area contributed by atoms with Crippen molar-refractivity contribution in [3.63, 3.8) is 0 Å². The van der Waals surface area contributed by atoms with Crippen LogP contribution in [0.2, 0.25) is 0 Å². The quantitative estimate of drug-likeness (QED) is 0.545. The standard InChI is InChI=1S/C14H30O2/c1-14(2,15)12-10-8-6-4-5-7-9-11-13-16-3/h15H,4-13H2,1-3H3. The minimum Gasteiger partial charge on any atom is -0.390 e. The molecule has 0 saturated heterocycles. The van der Waals surface area contributed by atoms with Crippen molar-refractivity contribution in [3.05, 3.63) is 0 Å². The Bertz CT molecular complexity index is 138. The van der Waals surface area contributed by atoms with E-state index in [2.05, 4.69) is 0 Å². The lowest BCUT2D eigenvalue weighted by molar-refractivity contribution is 0.0680. The molecule has 0 aromatic heterocycles. The third kappa shape index (κ3) is 13.9. The Kier molecular flexibility index (Phi) is 10.0. The zero-order valence-corrected chi connectivity index (χ0v) is 11.4. The highest BCUT2D eigenvalue weighted by Gasteiger charge is 2.10. The molecule has 0 bridgehead atoms. The van der Waals surface area contributed by atoms with Crippen molar-refractivity contribution >= 4 is 0 Å². The smallest absolute Gasteiger partial charge is 0.0591 e. The summed E-state index contributed by atoms with van der Waals surface area (Å²) in [7, 11) is 1.77. The lowest BCUT2D eigenvalue weighted by Gasteiger charge is -2.16. The molecule has 0 atom stereocenters. The van der Waals surface area contributed by atoms with Crippen molar-refractivity contribution in [2.45, 2.75) is 77.2 Å². The van der Waals surface area contributed by atoms with Crippen LogP contribution >= 0.6 is 0 Å². The summed E-state index contributed by atoms with van der Waals surface area (Å²) in [5.41, 5.74) is -0.472. The molecular formula is C14H30O2. The third-order valence-electron chi connectivity index (χ3n) is 2.89. The average Bonchev–Trinajstić information content (AvgIpc) is 2.19. The van der Waals surface area contributed by atoms with Gasteiger partial charge in [0.2, 0.25) is 0 Å². The SMILES string of the molecule is COCCCCCCCCCCC(C)(C)O. The van der Waals surface area contributed by atoms with Crippen LogP contribution in [0.4, 0.5) is 0 Å². The zero-order valence-electron chi connectivity index (χ0n) is 11.4. The van der Waals surface area contributed by atoms with Crippen LogP contribution in [-0.2, 0) is 4.74 Å². The minimum absolute atomic E-state index is 0.472. The first-order chi connectivity index (χ1) is 7.56. The molecule has 0 unspecified atom stereocenters. The molecule has 0 aromatic rings. The van der Waals surface area contributed by atoms with E-state index in [0.29, 0.717) is 0 Å². The van der Waals surface area contributed by atoms with Crippen LogP contribution in [0.15, 0.2) is 0 Å².